The van der Waals surface area contributed by atoms with Crippen LogP contribution >= 0.6 is 0 Å². The van der Waals surface area contributed by atoms with Gasteiger partial charge in [-0.05, 0) is 31.2 Å². The molecule has 2 N–H and O–H groups in total. The normalized spacial score (nSPS) is 10.1. The SMILES string of the molecule is CCN(C(=O)COC(=O)c1ccc(O)cc1O)c1ccccc1. The zero-order valence-electron chi connectivity index (χ0n) is 12.6. The number of rotatable bonds is 5. The average Bonchev–Trinajstić information content (AvgIpc) is 2.54. The van der Waals surface area contributed by atoms with Crippen molar-refractivity contribution in [2.24, 2.45) is 0 Å². The van der Waals surface area contributed by atoms with E-state index in [9.17, 15) is 19.8 Å². The molecule has 0 aromatic heterocycles. The third-order valence-electron chi connectivity index (χ3n) is 3.21. The Labute approximate surface area is 133 Å². The van der Waals surface area contributed by atoms with Crippen LogP contribution in [0.5, 0.6) is 11.5 Å². The first-order valence-corrected chi connectivity index (χ1v) is 7.07. The molecule has 0 heterocycles. The predicted molar refractivity (Wildman–Crippen MR) is 84.5 cm³/mol. The lowest BCUT2D eigenvalue weighted by Gasteiger charge is -2.20. The first kappa shape index (κ1) is 16.4. The van der Waals surface area contributed by atoms with Gasteiger partial charge in [-0.15, -0.1) is 0 Å². The van der Waals surface area contributed by atoms with E-state index in [0.29, 0.717) is 12.2 Å². The van der Waals surface area contributed by atoms with Gasteiger partial charge >= 0.3 is 5.97 Å². The minimum atomic E-state index is -0.833. The highest BCUT2D eigenvalue weighted by Crippen LogP contribution is 2.23. The maximum absolute atomic E-state index is 12.2. The molecule has 1 amide bonds. The summed E-state index contributed by atoms with van der Waals surface area (Å²) in [6.45, 7) is 1.81. The molecule has 0 aliphatic rings. The molecular formula is C17H17NO5. The molecule has 6 heteroatoms. The quantitative estimate of drug-likeness (QED) is 0.827. The van der Waals surface area contributed by atoms with Crippen molar-refractivity contribution in [3.8, 4) is 11.5 Å². The van der Waals surface area contributed by atoms with Crippen LogP contribution in [0.15, 0.2) is 48.5 Å². The molecule has 0 spiro atoms. The third kappa shape index (κ3) is 4.00. The Bertz CT molecular complexity index is 699. The van der Waals surface area contributed by atoms with Gasteiger partial charge in [0.05, 0.1) is 0 Å². The van der Waals surface area contributed by atoms with Crippen LogP contribution < -0.4 is 4.90 Å². The van der Waals surface area contributed by atoms with Gasteiger partial charge in [-0.1, -0.05) is 18.2 Å². The number of nitrogens with zero attached hydrogens (tertiary/aromatic N) is 1. The van der Waals surface area contributed by atoms with Crippen molar-refractivity contribution < 1.29 is 24.5 Å². The monoisotopic (exact) mass is 315 g/mol. The molecule has 120 valence electrons. The summed E-state index contributed by atoms with van der Waals surface area (Å²) in [5, 5.41) is 18.8. The molecule has 2 aromatic rings. The van der Waals surface area contributed by atoms with E-state index in [2.05, 4.69) is 0 Å². The molecule has 0 radical (unpaired) electrons. The largest absolute Gasteiger partial charge is 0.508 e. The summed E-state index contributed by atoms with van der Waals surface area (Å²) in [6.07, 6.45) is 0. The van der Waals surface area contributed by atoms with Crippen molar-refractivity contribution in [1.29, 1.82) is 0 Å². The van der Waals surface area contributed by atoms with E-state index in [-0.39, 0.29) is 17.2 Å². The molecule has 0 aliphatic carbocycles. The number of hydrogen-bond acceptors (Lipinski definition) is 5. The summed E-state index contributed by atoms with van der Waals surface area (Å²) in [6, 6.07) is 12.5. The van der Waals surface area contributed by atoms with Crippen molar-refractivity contribution in [2.75, 3.05) is 18.1 Å². The molecule has 2 aromatic carbocycles. The van der Waals surface area contributed by atoms with Crippen LogP contribution in [0.4, 0.5) is 5.69 Å². The maximum atomic E-state index is 12.2. The van der Waals surface area contributed by atoms with Crippen LogP contribution in [0.25, 0.3) is 0 Å². The molecule has 0 atom stereocenters. The number of phenolic OH excluding ortho intramolecular Hbond substituents is 2. The minimum Gasteiger partial charge on any atom is -0.508 e. The van der Waals surface area contributed by atoms with Crippen LogP contribution in [-0.4, -0.2) is 35.2 Å². The molecule has 0 aliphatic heterocycles. The van der Waals surface area contributed by atoms with E-state index in [1.807, 2.05) is 25.1 Å². The van der Waals surface area contributed by atoms with Crippen LogP contribution in [0.3, 0.4) is 0 Å². The molecule has 0 unspecified atom stereocenters. The number of hydrogen-bond donors (Lipinski definition) is 2. The number of ether oxygens (including phenoxy) is 1. The molecule has 6 nitrogen and oxygen atoms in total. The highest BCUT2D eigenvalue weighted by molar-refractivity contribution is 5.98. The van der Waals surface area contributed by atoms with Crippen LogP contribution in [0.1, 0.15) is 17.3 Å². The average molecular weight is 315 g/mol. The first-order valence-electron chi connectivity index (χ1n) is 7.07. The molecule has 2 rings (SSSR count). The second-order valence-electron chi connectivity index (χ2n) is 4.75. The van der Waals surface area contributed by atoms with E-state index in [1.54, 1.807) is 12.1 Å². The van der Waals surface area contributed by atoms with Gasteiger partial charge in [-0.25, -0.2) is 4.79 Å². The Morgan fingerprint density at radius 3 is 2.39 bits per heavy atom. The van der Waals surface area contributed by atoms with Gasteiger partial charge in [-0.2, -0.15) is 0 Å². The van der Waals surface area contributed by atoms with Crippen molar-refractivity contribution in [2.45, 2.75) is 6.92 Å². The van der Waals surface area contributed by atoms with Gasteiger partial charge in [0.2, 0.25) is 0 Å². The number of carbonyl (C=O) groups excluding carboxylic acids is 2. The predicted octanol–water partition coefficient (Wildman–Crippen LogP) is 2.31. The first-order chi connectivity index (χ1) is 11.0. The summed E-state index contributed by atoms with van der Waals surface area (Å²) in [5.74, 6) is -1.78. The smallest absolute Gasteiger partial charge is 0.342 e. The number of benzene rings is 2. The number of aromatic hydroxyl groups is 2. The van der Waals surface area contributed by atoms with Gasteiger partial charge in [0.15, 0.2) is 6.61 Å². The third-order valence-corrected chi connectivity index (χ3v) is 3.21. The number of amides is 1. The second kappa shape index (κ2) is 7.31. The van der Waals surface area contributed by atoms with Crippen molar-refractivity contribution in [1.82, 2.24) is 0 Å². The summed E-state index contributed by atoms with van der Waals surface area (Å²) < 4.78 is 4.94. The van der Waals surface area contributed by atoms with E-state index in [0.717, 1.165) is 6.07 Å². The number of phenols is 2. The van der Waals surface area contributed by atoms with Crippen molar-refractivity contribution in [3.63, 3.8) is 0 Å². The molecule has 23 heavy (non-hydrogen) atoms. The molecule has 0 bridgehead atoms. The minimum absolute atomic E-state index is 0.113. The van der Waals surface area contributed by atoms with Gasteiger partial charge < -0.3 is 19.8 Å². The lowest BCUT2D eigenvalue weighted by Crippen LogP contribution is -2.34. The number of carbonyl (C=O) groups is 2. The van der Waals surface area contributed by atoms with Crippen LogP contribution in [0.2, 0.25) is 0 Å². The van der Waals surface area contributed by atoms with Crippen LogP contribution in [-0.2, 0) is 9.53 Å². The zero-order chi connectivity index (χ0) is 16.8. The molecule has 0 fully saturated rings. The molecule has 0 saturated carbocycles. The molecule has 0 saturated heterocycles. The Morgan fingerprint density at radius 1 is 1.09 bits per heavy atom. The number of anilines is 1. The van der Waals surface area contributed by atoms with Crippen LogP contribution in [0, 0.1) is 0 Å². The number of esters is 1. The van der Waals surface area contributed by atoms with Crippen molar-refractivity contribution in [3.05, 3.63) is 54.1 Å². The highest BCUT2D eigenvalue weighted by Gasteiger charge is 2.18. The summed E-state index contributed by atoms with van der Waals surface area (Å²) in [7, 11) is 0. The Balaban J connectivity index is 2.01. The molecular weight excluding hydrogens is 298 g/mol. The Hall–Kier alpha value is -3.02. The summed E-state index contributed by atoms with van der Waals surface area (Å²) >= 11 is 0. The van der Waals surface area contributed by atoms with Gasteiger partial charge in [0.1, 0.15) is 17.1 Å². The second-order valence-corrected chi connectivity index (χ2v) is 4.75. The number of likely N-dealkylation sites (N-methyl/N-ethyl adjacent to an activating group) is 1. The lowest BCUT2D eigenvalue weighted by molar-refractivity contribution is -0.121. The Kier molecular flexibility index (Phi) is 5.19. The van der Waals surface area contributed by atoms with E-state index in [1.165, 1.54) is 17.0 Å². The Morgan fingerprint density at radius 2 is 1.78 bits per heavy atom. The van der Waals surface area contributed by atoms with Gasteiger partial charge in [0.25, 0.3) is 5.91 Å². The fraction of sp³-hybridized carbons (Fsp3) is 0.176. The van der Waals surface area contributed by atoms with Gasteiger partial charge in [-0.3, -0.25) is 4.79 Å². The van der Waals surface area contributed by atoms with E-state index >= 15 is 0 Å². The standard InChI is InChI=1S/C17H17NO5/c1-2-18(12-6-4-3-5-7-12)16(21)11-23-17(22)14-9-8-13(19)10-15(14)20/h3-10,19-20H,2,11H2,1H3. The zero-order valence-corrected chi connectivity index (χ0v) is 12.6. The van der Waals surface area contributed by atoms with Gasteiger partial charge in [0, 0.05) is 18.3 Å². The maximum Gasteiger partial charge on any atom is 0.342 e. The highest BCUT2D eigenvalue weighted by atomic mass is 16.5. The van der Waals surface area contributed by atoms with E-state index < -0.39 is 18.3 Å². The lowest BCUT2D eigenvalue weighted by atomic mass is 10.2. The fourth-order valence-corrected chi connectivity index (χ4v) is 2.09. The van der Waals surface area contributed by atoms with E-state index in [4.69, 9.17) is 4.74 Å². The van der Waals surface area contributed by atoms with Crippen molar-refractivity contribution >= 4 is 17.6 Å². The fourth-order valence-electron chi connectivity index (χ4n) is 2.09. The number of para-hydroxylation sites is 1. The topological polar surface area (TPSA) is 87.1 Å². The summed E-state index contributed by atoms with van der Waals surface area (Å²) in [4.78, 5) is 25.6. The summed E-state index contributed by atoms with van der Waals surface area (Å²) in [5.41, 5.74) is 0.599.